The summed E-state index contributed by atoms with van der Waals surface area (Å²) in [7, 11) is 1.39. The molecule has 1 fully saturated rings. The highest BCUT2D eigenvalue weighted by Crippen LogP contribution is 2.24. The molecular weight excluding hydrogens is 242 g/mol. The fourth-order valence-electron chi connectivity index (χ4n) is 1.98. The molecule has 0 radical (unpaired) electrons. The summed E-state index contributed by atoms with van der Waals surface area (Å²) in [6.07, 6.45) is -3.24. The maximum Gasteiger partial charge on any atom is 0.303 e. The van der Waals surface area contributed by atoms with Crippen molar-refractivity contribution in [3.05, 3.63) is 0 Å². The summed E-state index contributed by atoms with van der Waals surface area (Å²) in [6.45, 7) is 4.26. The first kappa shape index (κ1) is 14.9. The van der Waals surface area contributed by atoms with Gasteiger partial charge in [-0.2, -0.15) is 0 Å². The molecule has 1 amide bonds. The van der Waals surface area contributed by atoms with Crippen LogP contribution in [0.1, 0.15) is 20.8 Å². The van der Waals surface area contributed by atoms with E-state index in [2.05, 4.69) is 5.32 Å². The third-order valence-electron chi connectivity index (χ3n) is 2.72. The average molecular weight is 261 g/mol. The maximum atomic E-state index is 11.1. The van der Waals surface area contributed by atoms with Crippen LogP contribution in [0.25, 0.3) is 0 Å². The third-order valence-corrected chi connectivity index (χ3v) is 2.72. The van der Waals surface area contributed by atoms with Crippen molar-refractivity contribution in [2.45, 2.75) is 51.4 Å². The Morgan fingerprint density at radius 1 is 1.33 bits per heavy atom. The van der Waals surface area contributed by atoms with Gasteiger partial charge in [0.15, 0.2) is 12.4 Å². The van der Waals surface area contributed by atoms with Crippen molar-refractivity contribution in [3.8, 4) is 0 Å². The molecule has 2 N–H and O–H groups in total. The fraction of sp³-hybridized carbons (Fsp3) is 0.818. The number of hydrogen-bond acceptors (Lipinski definition) is 6. The van der Waals surface area contributed by atoms with Gasteiger partial charge in [-0.25, -0.2) is 0 Å². The lowest BCUT2D eigenvalue weighted by Gasteiger charge is -2.42. The Bertz CT molecular complexity index is 321. The zero-order chi connectivity index (χ0) is 13.9. The van der Waals surface area contributed by atoms with Crippen molar-refractivity contribution in [1.29, 1.82) is 0 Å². The fourth-order valence-corrected chi connectivity index (χ4v) is 1.98. The number of rotatable bonds is 3. The smallest absolute Gasteiger partial charge is 0.303 e. The maximum absolute atomic E-state index is 11.1. The molecule has 0 bridgehead atoms. The van der Waals surface area contributed by atoms with Crippen molar-refractivity contribution in [1.82, 2.24) is 5.32 Å². The summed E-state index contributed by atoms with van der Waals surface area (Å²) in [6, 6.07) is -0.764. The number of aliphatic hydroxyl groups is 1. The first-order valence-electron chi connectivity index (χ1n) is 5.67. The highest BCUT2D eigenvalue weighted by Gasteiger charge is 2.46. The molecule has 7 nitrogen and oxygen atoms in total. The number of aliphatic hydroxyl groups excluding tert-OH is 1. The van der Waals surface area contributed by atoms with Gasteiger partial charge in [0, 0.05) is 21.0 Å². The molecule has 1 saturated heterocycles. The van der Waals surface area contributed by atoms with Gasteiger partial charge in [0.1, 0.15) is 6.10 Å². The second kappa shape index (κ2) is 6.12. The monoisotopic (exact) mass is 261 g/mol. The highest BCUT2D eigenvalue weighted by atomic mass is 16.7. The van der Waals surface area contributed by atoms with E-state index in [1.165, 1.54) is 21.0 Å². The molecule has 7 heteroatoms. The molecule has 1 heterocycles. The van der Waals surface area contributed by atoms with E-state index in [4.69, 9.17) is 14.2 Å². The standard InChI is InChI=1S/C11H19NO6/c1-5-10(18-7(3)14)8(12-6(2)13)9(15)11(16-4)17-5/h5,8-11,15H,1-4H3,(H,12,13)/t5-,8-,9+,10+,11-/m1/s1. The lowest BCUT2D eigenvalue weighted by Crippen LogP contribution is -2.64. The van der Waals surface area contributed by atoms with Crippen LogP contribution >= 0.6 is 0 Å². The molecule has 1 aliphatic heterocycles. The number of ether oxygens (including phenoxy) is 3. The van der Waals surface area contributed by atoms with Crippen molar-refractivity contribution in [2.75, 3.05) is 7.11 Å². The molecule has 0 aromatic rings. The predicted octanol–water partition coefficient (Wildman–Crippen LogP) is -0.825. The number of hydrogen-bond donors (Lipinski definition) is 2. The van der Waals surface area contributed by atoms with Gasteiger partial charge in [0.25, 0.3) is 0 Å². The summed E-state index contributed by atoms with van der Waals surface area (Å²) in [5.41, 5.74) is 0. The minimum atomic E-state index is -1.11. The molecule has 0 unspecified atom stereocenters. The largest absolute Gasteiger partial charge is 0.457 e. The van der Waals surface area contributed by atoms with Crippen LogP contribution in [0.4, 0.5) is 0 Å². The molecule has 0 aromatic heterocycles. The summed E-state index contributed by atoms with van der Waals surface area (Å²) >= 11 is 0. The third kappa shape index (κ3) is 3.41. The number of amides is 1. The van der Waals surface area contributed by atoms with Gasteiger partial charge >= 0.3 is 5.97 Å². The Balaban J connectivity index is 2.89. The SMILES string of the molecule is CO[C@@H]1O[C@H](C)[C@H](OC(C)=O)[C@H](NC(C)=O)[C@@H]1O. The number of esters is 1. The van der Waals surface area contributed by atoms with E-state index in [0.29, 0.717) is 0 Å². The minimum absolute atomic E-state index is 0.333. The molecule has 0 aliphatic carbocycles. The molecule has 0 spiro atoms. The molecule has 1 aliphatic rings. The average Bonchev–Trinajstić information content (AvgIpc) is 2.27. The second-order valence-corrected chi connectivity index (χ2v) is 4.24. The van der Waals surface area contributed by atoms with Crippen LogP contribution in [0.5, 0.6) is 0 Å². The van der Waals surface area contributed by atoms with Gasteiger partial charge in [0.05, 0.1) is 12.1 Å². The summed E-state index contributed by atoms with van der Waals surface area (Å²) < 4.78 is 15.4. The quantitative estimate of drug-likeness (QED) is 0.644. The van der Waals surface area contributed by atoms with E-state index >= 15 is 0 Å². The molecular formula is C11H19NO6. The number of nitrogens with one attached hydrogen (secondary N) is 1. The zero-order valence-corrected chi connectivity index (χ0v) is 10.9. The Kier molecular flexibility index (Phi) is 5.06. The van der Waals surface area contributed by atoms with Crippen LogP contribution in [-0.2, 0) is 23.8 Å². The van der Waals surface area contributed by atoms with Crippen molar-refractivity contribution in [3.63, 3.8) is 0 Å². The highest BCUT2D eigenvalue weighted by molar-refractivity contribution is 5.73. The van der Waals surface area contributed by atoms with E-state index in [9.17, 15) is 14.7 Å². The van der Waals surface area contributed by atoms with Gasteiger partial charge in [-0.3, -0.25) is 9.59 Å². The van der Waals surface area contributed by atoms with Gasteiger partial charge in [-0.15, -0.1) is 0 Å². The Morgan fingerprint density at radius 2 is 1.94 bits per heavy atom. The molecule has 0 saturated carbocycles. The van der Waals surface area contributed by atoms with E-state index in [0.717, 1.165) is 0 Å². The van der Waals surface area contributed by atoms with Crippen LogP contribution in [-0.4, -0.2) is 54.7 Å². The number of carbonyl (C=O) groups excluding carboxylic acids is 2. The van der Waals surface area contributed by atoms with Crippen LogP contribution < -0.4 is 5.32 Å². The molecule has 0 aromatic carbocycles. The summed E-state index contributed by atoms with van der Waals surface area (Å²) in [4.78, 5) is 22.2. The summed E-state index contributed by atoms with van der Waals surface area (Å²) in [5.74, 6) is -0.839. The van der Waals surface area contributed by atoms with E-state index in [1.54, 1.807) is 6.92 Å². The van der Waals surface area contributed by atoms with Gasteiger partial charge in [0.2, 0.25) is 5.91 Å². The Hall–Kier alpha value is -1.18. The first-order chi connectivity index (χ1) is 8.36. The minimum Gasteiger partial charge on any atom is -0.457 e. The van der Waals surface area contributed by atoms with Crippen LogP contribution in [0.2, 0.25) is 0 Å². The number of carbonyl (C=O) groups is 2. The van der Waals surface area contributed by atoms with E-state index in [-0.39, 0.29) is 5.91 Å². The lowest BCUT2D eigenvalue weighted by molar-refractivity contribution is -0.265. The van der Waals surface area contributed by atoms with Crippen molar-refractivity contribution < 1.29 is 28.9 Å². The van der Waals surface area contributed by atoms with Crippen LogP contribution in [0.15, 0.2) is 0 Å². The second-order valence-electron chi connectivity index (χ2n) is 4.24. The predicted molar refractivity (Wildman–Crippen MR) is 60.5 cm³/mol. The molecule has 104 valence electrons. The topological polar surface area (TPSA) is 94.1 Å². The van der Waals surface area contributed by atoms with Gasteiger partial charge < -0.3 is 24.6 Å². The Morgan fingerprint density at radius 3 is 2.39 bits per heavy atom. The zero-order valence-electron chi connectivity index (χ0n) is 10.9. The van der Waals surface area contributed by atoms with Crippen LogP contribution in [0.3, 0.4) is 0 Å². The van der Waals surface area contributed by atoms with Gasteiger partial charge in [-0.05, 0) is 6.92 Å². The summed E-state index contributed by atoms with van der Waals surface area (Å²) in [5, 5.41) is 12.6. The van der Waals surface area contributed by atoms with Gasteiger partial charge in [-0.1, -0.05) is 0 Å². The molecule has 18 heavy (non-hydrogen) atoms. The normalized spacial score (nSPS) is 35.9. The van der Waals surface area contributed by atoms with E-state index < -0.39 is 36.6 Å². The van der Waals surface area contributed by atoms with Crippen LogP contribution in [0, 0.1) is 0 Å². The lowest BCUT2D eigenvalue weighted by atomic mass is 9.96. The Labute approximate surface area is 105 Å². The molecule has 1 rings (SSSR count). The van der Waals surface area contributed by atoms with Crippen molar-refractivity contribution >= 4 is 11.9 Å². The molecule has 5 atom stereocenters. The van der Waals surface area contributed by atoms with Crippen molar-refractivity contribution in [2.24, 2.45) is 0 Å². The number of methoxy groups -OCH3 is 1. The van der Waals surface area contributed by atoms with E-state index in [1.807, 2.05) is 0 Å². The first-order valence-corrected chi connectivity index (χ1v) is 5.67.